The van der Waals surface area contributed by atoms with E-state index in [-0.39, 0.29) is 47.5 Å². The second kappa shape index (κ2) is 10.0. The number of rotatable bonds is 6. The number of benzene rings is 2. The summed E-state index contributed by atoms with van der Waals surface area (Å²) in [6.45, 7) is -1.03. The molecule has 0 aliphatic carbocycles. The summed E-state index contributed by atoms with van der Waals surface area (Å²) in [5.41, 5.74) is -1.03. The number of hydrogen-bond donors (Lipinski definition) is 9. The molecule has 228 valence electrons. The lowest BCUT2D eigenvalue weighted by molar-refractivity contribution is -0.581. The molecule has 0 spiro atoms. The van der Waals surface area contributed by atoms with Gasteiger partial charge in [0, 0.05) is 48.3 Å². The molecule has 3 aliphatic rings. The SMILES string of the molecule is BC1(B)OC(O)(O)C(O)(O)N(Cc2ccc(CNc3cccc4c3CN(C3(O)CCC(=O)NC3=O)C4=O)c(F)c2)C1(O)O. The summed E-state index contributed by atoms with van der Waals surface area (Å²) in [7, 11) is 2.12. The molecule has 2 fully saturated rings. The monoisotopic (exact) mass is 602 g/mol. The third kappa shape index (κ3) is 4.90. The van der Waals surface area contributed by atoms with E-state index in [4.69, 9.17) is 0 Å². The van der Waals surface area contributed by atoms with Gasteiger partial charge in [-0.05, 0) is 23.8 Å². The molecule has 43 heavy (non-hydrogen) atoms. The van der Waals surface area contributed by atoms with Gasteiger partial charge in [0.05, 0.1) is 11.9 Å². The molecule has 2 aromatic rings. The van der Waals surface area contributed by atoms with E-state index in [1.165, 1.54) is 18.2 Å². The number of carbonyl (C=O) groups excluding carboxylic acids is 3. The van der Waals surface area contributed by atoms with Gasteiger partial charge in [0.25, 0.3) is 11.8 Å². The summed E-state index contributed by atoms with van der Waals surface area (Å²) in [5.74, 6) is -13.5. The van der Waals surface area contributed by atoms with E-state index in [0.717, 1.165) is 26.7 Å². The number of nitrogens with zero attached hydrogens (tertiary/aromatic N) is 2. The maximum Gasteiger partial charge on any atom is 0.351 e. The molecule has 3 amide bonds. The van der Waals surface area contributed by atoms with Gasteiger partial charge in [-0.1, -0.05) is 18.2 Å². The van der Waals surface area contributed by atoms with Gasteiger partial charge in [-0.2, -0.15) is 4.90 Å². The van der Waals surface area contributed by atoms with E-state index in [2.05, 4.69) is 10.1 Å². The van der Waals surface area contributed by atoms with Crippen molar-refractivity contribution in [3.05, 3.63) is 64.5 Å². The number of carbonyl (C=O) groups is 3. The Morgan fingerprint density at radius 2 is 1.70 bits per heavy atom. The highest BCUT2D eigenvalue weighted by atomic mass is 19.1. The van der Waals surface area contributed by atoms with Crippen molar-refractivity contribution in [2.24, 2.45) is 0 Å². The normalized spacial score (nSPS) is 25.8. The van der Waals surface area contributed by atoms with Crippen LogP contribution in [0.3, 0.4) is 0 Å². The van der Waals surface area contributed by atoms with Gasteiger partial charge in [0.15, 0.2) is 0 Å². The predicted octanol–water partition coefficient (Wildman–Crippen LogP) is -4.81. The fourth-order valence-corrected chi connectivity index (χ4v) is 5.38. The van der Waals surface area contributed by atoms with E-state index in [1.807, 2.05) is 5.32 Å². The van der Waals surface area contributed by atoms with Crippen LogP contribution in [0.1, 0.15) is 39.9 Å². The third-order valence-electron chi connectivity index (χ3n) is 8.05. The van der Waals surface area contributed by atoms with Crippen molar-refractivity contribution < 1.29 is 59.3 Å². The molecule has 5 rings (SSSR count). The fourth-order valence-electron chi connectivity index (χ4n) is 5.38. The van der Waals surface area contributed by atoms with E-state index in [1.54, 1.807) is 12.1 Å². The second-order valence-corrected chi connectivity index (χ2v) is 11.3. The maximum atomic E-state index is 15.2. The number of anilines is 1. The molecule has 2 aromatic carbocycles. The molecule has 0 aromatic heterocycles. The molecule has 9 N–H and O–H groups in total. The minimum Gasteiger partial charge on any atom is -0.381 e. The van der Waals surface area contributed by atoms with Crippen molar-refractivity contribution in [3.8, 4) is 0 Å². The molecule has 1 atom stereocenters. The van der Waals surface area contributed by atoms with Crippen molar-refractivity contribution in [1.82, 2.24) is 15.1 Å². The number of imide groups is 1. The number of fused-ring (bicyclic) bond motifs is 1. The van der Waals surface area contributed by atoms with Crippen LogP contribution >= 0.6 is 0 Å². The van der Waals surface area contributed by atoms with Crippen molar-refractivity contribution in [2.45, 2.75) is 61.4 Å². The molecular formula is C25H29B2FN4O11. The van der Waals surface area contributed by atoms with Crippen LogP contribution in [0.5, 0.6) is 0 Å². The van der Waals surface area contributed by atoms with Gasteiger partial charge >= 0.3 is 11.9 Å². The molecule has 3 heterocycles. The number of hydrogen-bond acceptors (Lipinski definition) is 13. The highest BCUT2D eigenvalue weighted by molar-refractivity contribution is 6.40. The average molecular weight is 602 g/mol. The molecule has 0 bridgehead atoms. The van der Waals surface area contributed by atoms with Crippen LogP contribution in [-0.2, 0) is 34.0 Å². The first kappa shape index (κ1) is 31.0. The minimum atomic E-state index is -3.72. The minimum absolute atomic E-state index is 0.00553. The van der Waals surface area contributed by atoms with Crippen molar-refractivity contribution in [3.63, 3.8) is 0 Å². The number of piperidine rings is 1. The molecular weight excluding hydrogens is 573 g/mol. The fraction of sp³-hybridized carbons (Fsp3) is 0.400. The summed E-state index contributed by atoms with van der Waals surface area (Å²) in [6.07, 6.45) is -0.416. The highest BCUT2D eigenvalue weighted by Crippen LogP contribution is 2.42. The smallest absolute Gasteiger partial charge is 0.351 e. The number of halogens is 1. The van der Waals surface area contributed by atoms with Gasteiger partial charge in [0.2, 0.25) is 17.5 Å². The van der Waals surface area contributed by atoms with E-state index >= 15 is 4.39 Å². The van der Waals surface area contributed by atoms with Crippen LogP contribution in [0.25, 0.3) is 0 Å². The summed E-state index contributed by atoms with van der Waals surface area (Å²) >= 11 is 0. The Morgan fingerprint density at radius 3 is 2.35 bits per heavy atom. The third-order valence-corrected chi connectivity index (χ3v) is 8.05. The van der Waals surface area contributed by atoms with Crippen LogP contribution < -0.4 is 10.6 Å². The zero-order chi connectivity index (χ0) is 31.8. The van der Waals surface area contributed by atoms with Gasteiger partial charge < -0.3 is 45.8 Å². The zero-order valence-electron chi connectivity index (χ0n) is 23.0. The van der Waals surface area contributed by atoms with Crippen molar-refractivity contribution >= 4 is 39.1 Å². The molecule has 15 nitrogen and oxygen atoms in total. The van der Waals surface area contributed by atoms with Crippen molar-refractivity contribution in [1.29, 1.82) is 0 Å². The maximum absolute atomic E-state index is 15.2. The zero-order valence-corrected chi connectivity index (χ0v) is 23.0. The summed E-state index contributed by atoms with van der Waals surface area (Å²) in [4.78, 5) is 38.1. The van der Waals surface area contributed by atoms with Crippen LogP contribution in [0.15, 0.2) is 36.4 Å². The van der Waals surface area contributed by atoms with Gasteiger partial charge in [-0.3, -0.25) is 24.6 Å². The first-order valence-electron chi connectivity index (χ1n) is 13.2. The van der Waals surface area contributed by atoms with E-state index < -0.39 is 59.0 Å². The molecule has 0 saturated carbocycles. The Hall–Kier alpha value is -3.45. The van der Waals surface area contributed by atoms with Crippen molar-refractivity contribution in [2.75, 3.05) is 5.32 Å². The Morgan fingerprint density at radius 1 is 1.00 bits per heavy atom. The number of aliphatic hydroxyl groups is 7. The Labute approximate surface area is 244 Å². The van der Waals surface area contributed by atoms with Gasteiger partial charge in [-0.25, -0.2) is 4.39 Å². The Balaban J connectivity index is 1.33. The molecule has 1 unspecified atom stereocenters. The van der Waals surface area contributed by atoms with Gasteiger partial charge in [0.1, 0.15) is 21.5 Å². The van der Waals surface area contributed by atoms with Gasteiger partial charge in [-0.15, -0.1) is 0 Å². The number of amides is 3. The van der Waals surface area contributed by atoms with E-state index in [9.17, 15) is 50.1 Å². The first-order valence-corrected chi connectivity index (χ1v) is 13.2. The summed E-state index contributed by atoms with van der Waals surface area (Å²) in [5, 5.41) is 75.8. The standard InChI is InChI=1S/C25H29B2FN4O11/c26-22(27)23(37,38)32(24(39,40)25(41,42)43-22)10-12-4-5-13(16(28)8-12)9-29-17-3-1-2-14-15(17)11-31(19(14)34)21(36)7-6-18(33)30-20(21)35/h1-5,8,29,36-42H,6-7,9-11,26-27H2,(H,30,33,35). The summed E-state index contributed by atoms with van der Waals surface area (Å²) in [6, 6.07) is 8.34. The molecule has 18 heteroatoms. The first-order chi connectivity index (χ1) is 19.8. The van der Waals surface area contributed by atoms with Crippen LogP contribution in [-0.4, -0.2) is 108 Å². The topological polar surface area (TPSA) is 233 Å². The lowest BCUT2D eigenvalue weighted by Crippen LogP contribution is -2.84. The van der Waals surface area contributed by atoms with Crippen LogP contribution in [0, 0.1) is 5.82 Å². The Bertz CT molecular complexity index is 1500. The lowest BCUT2D eigenvalue weighted by Gasteiger charge is -2.58. The Kier molecular flexibility index (Phi) is 7.24. The molecule has 2 saturated heterocycles. The number of ether oxygens (including phenoxy) is 1. The highest BCUT2D eigenvalue weighted by Gasteiger charge is 2.70. The lowest BCUT2D eigenvalue weighted by atomic mass is 9.61. The molecule has 3 aliphatic heterocycles. The molecule has 0 radical (unpaired) electrons. The predicted molar refractivity (Wildman–Crippen MR) is 145 cm³/mol. The number of morpholine rings is 1. The van der Waals surface area contributed by atoms with E-state index in [0.29, 0.717) is 11.3 Å². The van der Waals surface area contributed by atoms with Crippen LogP contribution in [0.4, 0.5) is 10.1 Å². The van der Waals surface area contributed by atoms with Crippen LogP contribution in [0.2, 0.25) is 0 Å². The average Bonchev–Trinajstić information content (AvgIpc) is 3.25. The quantitative estimate of drug-likeness (QED) is 0.0860. The second-order valence-electron chi connectivity index (χ2n) is 11.3. The largest absolute Gasteiger partial charge is 0.381 e. The summed E-state index contributed by atoms with van der Waals surface area (Å²) < 4.78 is 19.8. The number of nitrogens with one attached hydrogen (secondary N) is 2.